The van der Waals surface area contributed by atoms with E-state index in [0.717, 1.165) is 11.9 Å². The van der Waals surface area contributed by atoms with Gasteiger partial charge >= 0.3 is 0 Å². The number of aryl methyl sites for hydroxylation is 1. The van der Waals surface area contributed by atoms with E-state index >= 15 is 0 Å². The summed E-state index contributed by atoms with van der Waals surface area (Å²) in [6.07, 6.45) is 1.45. The van der Waals surface area contributed by atoms with Crippen molar-refractivity contribution in [2.75, 3.05) is 5.32 Å². The van der Waals surface area contributed by atoms with Crippen LogP contribution in [-0.4, -0.2) is 14.8 Å². The number of benzene rings is 1. The fraction of sp³-hybridized carbons (Fsp3) is 0.273. The predicted octanol–water partition coefficient (Wildman–Crippen LogP) is 2.19. The average Bonchev–Trinajstić information content (AvgIpc) is 2.72. The molecule has 0 aliphatic carbocycles. The Kier molecular flexibility index (Phi) is 3.32. The Morgan fingerprint density at radius 1 is 1.24 bits per heavy atom. The van der Waals surface area contributed by atoms with E-state index in [-0.39, 0.29) is 0 Å². The molecule has 0 fully saturated rings. The standard InChI is InChI=1S/C11H12F2N4/c1-2-17-11(15-7-16-17)6-14-10-4-8(12)3-9(13)5-10/h3-5,7,14H,2,6H2,1H3. The van der Waals surface area contributed by atoms with Crippen LogP contribution < -0.4 is 5.32 Å². The van der Waals surface area contributed by atoms with Crippen LogP contribution in [0, 0.1) is 11.6 Å². The molecule has 1 aromatic carbocycles. The average molecular weight is 238 g/mol. The number of aromatic nitrogens is 3. The lowest BCUT2D eigenvalue weighted by atomic mass is 10.3. The molecule has 1 heterocycles. The molecule has 0 atom stereocenters. The maximum absolute atomic E-state index is 12.9. The molecule has 2 rings (SSSR count). The van der Waals surface area contributed by atoms with Gasteiger partial charge in [-0.25, -0.2) is 18.4 Å². The summed E-state index contributed by atoms with van der Waals surface area (Å²) in [7, 11) is 0. The minimum Gasteiger partial charge on any atom is -0.378 e. The second-order valence-electron chi connectivity index (χ2n) is 3.50. The Hall–Kier alpha value is -1.98. The van der Waals surface area contributed by atoms with Crippen molar-refractivity contribution < 1.29 is 8.78 Å². The van der Waals surface area contributed by atoms with E-state index in [0.29, 0.717) is 18.8 Å². The zero-order valence-corrected chi connectivity index (χ0v) is 9.32. The molecular formula is C11H12F2N4. The number of hydrogen-bond donors (Lipinski definition) is 1. The van der Waals surface area contributed by atoms with Gasteiger partial charge in [-0.05, 0) is 19.1 Å². The summed E-state index contributed by atoms with van der Waals surface area (Å²) in [6.45, 7) is 3.02. The minimum atomic E-state index is -0.607. The van der Waals surface area contributed by atoms with Crippen molar-refractivity contribution in [2.24, 2.45) is 0 Å². The summed E-state index contributed by atoms with van der Waals surface area (Å²) in [4.78, 5) is 4.05. The maximum atomic E-state index is 12.9. The van der Waals surface area contributed by atoms with Crippen LogP contribution in [0.15, 0.2) is 24.5 Å². The first-order valence-corrected chi connectivity index (χ1v) is 5.25. The Morgan fingerprint density at radius 2 is 1.94 bits per heavy atom. The summed E-state index contributed by atoms with van der Waals surface area (Å²) in [5.74, 6) is -0.494. The van der Waals surface area contributed by atoms with E-state index in [9.17, 15) is 8.78 Å². The third-order valence-electron chi connectivity index (χ3n) is 2.31. The fourth-order valence-electron chi connectivity index (χ4n) is 1.53. The van der Waals surface area contributed by atoms with Crippen molar-refractivity contribution >= 4 is 5.69 Å². The molecule has 0 aliphatic heterocycles. The van der Waals surface area contributed by atoms with Gasteiger partial charge in [-0.15, -0.1) is 0 Å². The molecule has 17 heavy (non-hydrogen) atoms. The molecule has 6 heteroatoms. The summed E-state index contributed by atoms with van der Waals surface area (Å²) in [5, 5.41) is 6.90. The van der Waals surface area contributed by atoms with Gasteiger partial charge in [0.25, 0.3) is 0 Å². The van der Waals surface area contributed by atoms with Gasteiger partial charge in [0.15, 0.2) is 0 Å². The molecule has 0 amide bonds. The quantitative estimate of drug-likeness (QED) is 0.887. The van der Waals surface area contributed by atoms with Gasteiger partial charge in [0.1, 0.15) is 23.8 Å². The molecule has 90 valence electrons. The summed E-state index contributed by atoms with van der Waals surface area (Å²) >= 11 is 0. The molecule has 0 bridgehead atoms. The highest BCUT2D eigenvalue weighted by molar-refractivity contribution is 5.43. The van der Waals surface area contributed by atoms with Crippen molar-refractivity contribution in [3.8, 4) is 0 Å². The Balaban J connectivity index is 2.07. The Labute approximate surface area is 97.3 Å². The van der Waals surface area contributed by atoms with E-state index in [1.807, 2.05) is 6.92 Å². The van der Waals surface area contributed by atoms with Gasteiger partial charge in [-0.3, -0.25) is 0 Å². The molecule has 0 spiro atoms. The van der Waals surface area contributed by atoms with Crippen molar-refractivity contribution in [1.29, 1.82) is 0 Å². The van der Waals surface area contributed by atoms with Gasteiger partial charge < -0.3 is 5.32 Å². The molecule has 0 saturated carbocycles. The maximum Gasteiger partial charge on any atom is 0.146 e. The Morgan fingerprint density at radius 3 is 2.59 bits per heavy atom. The monoisotopic (exact) mass is 238 g/mol. The summed E-state index contributed by atoms with van der Waals surface area (Å²) < 4.78 is 27.6. The van der Waals surface area contributed by atoms with Gasteiger partial charge in [-0.2, -0.15) is 5.10 Å². The molecule has 4 nitrogen and oxygen atoms in total. The second-order valence-corrected chi connectivity index (χ2v) is 3.50. The molecule has 0 unspecified atom stereocenters. The van der Waals surface area contributed by atoms with E-state index in [1.165, 1.54) is 18.5 Å². The summed E-state index contributed by atoms with van der Waals surface area (Å²) in [5.41, 5.74) is 0.383. The van der Waals surface area contributed by atoms with Gasteiger partial charge in [-0.1, -0.05) is 0 Å². The largest absolute Gasteiger partial charge is 0.378 e. The lowest BCUT2D eigenvalue weighted by Crippen LogP contribution is -2.09. The molecule has 0 radical (unpaired) electrons. The molecule has 0 aliphatic rings. The summed E-state index contributed by atoms with van der Waals surface area (Å²) in [6, 6.07) is 3.30. The van der Waals surface area contributed by atoms with E-state index in [4.69, 9.17) is 0 Å². The topological polar surface area (TPSA) is 42.7 Å². The van der Waals surface area contributed by atoms with Crippen molar-refractivity contribution in [3.05, 3.63) is 42.0 Å². The van der Waals surface area contributed by atoms with Crippen LogP contribution in [0.2, 0.25) is 0 Å². The first-order chi connectivity index (χ1) is 8.19. The molecular weight excluding hydrogens is 226 g/mol. The number of rotatable bonds is 4. The first-order valence-electron chi connectivity index (χ1n) is 5.25. The van der Waals surface area contributed by atoms with Crippen molar-refractivity contribution in [1.82, 2.24) is 14.8 Å². The molecule has 2 aromatic rings. The fourth-order valence-corrected chi connectivity index (χ4v) is 1.53. The number of halogens is 2. The molecule has 1 aromatic heterocycles. The number of nitrogens with one attached hydrogen (secondary N) is 1. The first kappa shape index (κ1) is 11.5. The van der Waals surface area contributed by atoms with Crippen LogP contribution in [0.1, 0.15) is 12.7 Å². The normalized spacial score (nSPS) is 10.5. The predicted molar refractivity (Wildman–Crippen MR) is 59.4 cm³/mol. The van der Waals surface area contributed by atoms with Crippen molar-refractivity contribution in [3.63, 3.8) is 0 Å². The third kappa shape index (κ3) is 2.77. The highest BCUT2D eigenvalue weighted by Gasteiger charge is 2.04. The number of nitrogens with zero attached hydrogens (tertiary/aromatic N) is 3. The minimum absolute atomic E-state index is 0.372. The number of hydrogen-bond acceptors (Lipinski definition) is 3. The van der Waals surface area contributed by atoms with Crippen LogP contribution in [0.25, 0.3) is 0 Å². The van der Waals surface area contributed by atoms with Gasteiger partial charge in [0.05, 0.1) is 6.54 Å². The van der Waals surface area contributed by atoms with Crippen LogP contribution in [0.4, 0.5) is 14.5 Å². The van der Waals surface area contributed by atoms with Crippen LogP contribution in [-0.2, 0) is 13.1 Å². The van der Waals surface area contributed by atoms with Crippen molar-refractivity contribution in [2.45, 2.75) is 20.0 Å². The molecule has 0 saturated heterocycles. The highest BCUT2D eigenvalue weighted by Crippen LogP contribution is 2.13. The van der Waals surface area contributed by atoms with E-state index in [2.05, 4.69) is 15.4 Å². The molecule has 1 N–H and O–H groups in total. The zero-order chi connectivity index (χ0) is 12.3. The second kappa shape index (κ2) is 4.90. The highest BCUT2D eigenvalue weighted by atomic mass is 19.1. The Bertz CT molecular complexity index is 490. The van der Waals surface area contributed by atoms with Gasteiger partial charge in [0.2, 0.25) is 0 Å². The number of anilines is 1. The van der Waals surface area contributed by atoms with Gasteiger partial charge in [0, 0.05) is 18.3 Å². The smallest absolute Gasteiger partial charge is 0.146 e. The van der Waals surface area contributed by atoms with Crippen LogP contribution in [0.5, 0.6) is 0 Å². The van der Waals surface area contributed by atoms with Crippen LogP contribution >= 0.6 is 0 Å². The van der Waals surface area contributed by atoms with E-state index < -0.39 is 11.6 Å². The third-order valence-corrected chi connectivity index (χ3v) is 2.31. The van der Waals surface area contributed by atoms with E-state index in [1.54, 1.807) is 4.68 Å². The zero-order valence-electron chi connectivity index (χ0n) is 9.32. The lowest BCUT2D eigenvalue weighted by Gasteiger charge is -2.07. The van der Waals surface area contributed by atoms with Crippen LogP contribution in [0.3, 0.4) is 0 Å². The SMILES string of the molecule is CCn1ncnc1CNc1cc(F)cc(F)c1. The lowest BCUT2D eigenvalue weighted by molar-refractivity contribution is 0.583.